The van der Waals surface area contributed by atoms with E-state index in [4.69, 9.17) is 9.47 Å². The van der Waals surface area contributed by atoms with Crippen LogP contribution < -0.4 is 0 Å². The minimum atomic E-state index is -0.972. The first kappa shape index (κ1) is 10.8. The minimum absolute atomic E-state index is 0.239. The number of allylic oxidation sites excluding steroid dienone is 4. The molecule has 0 spiro atoms. The Balaban J connectivity index is 2.73. The van der Waals surface area contributed by atoms with Gasteiger partial charge in [0, 0.05) is 14.2 Å². The van der Waals surface area contributed by atoms with Crippen LogP contribution in [0.2, 0.25) is 0 Å². The summed E-state index contributed by atoms with van der Waals surface area (Å²) in [7, 11) is 2.72. The first-order valence-corrected chi connectivity index (χ1v) is 4.18. The van der Waals surface area contributed by atoms with E-state index in [1.807, 2.05) is 0 Å². The van der Waals surface area contributed by atoms with Gasteiger partial charge in [0.2, 0.25) is 12.1 Å². The molecule has 0 radical (unpaired) electrons. The molecule has 0 aliphatic heterocycles. The van der Waals surface area contributed by atoms with Crippen LogP contribution in [0, 0.1) is 5.92 Å². The highest BCUT2D eigenvalue weighted by Gasteiger charge is 2.30. The van der Waals surface area contributed by atoms with E-state index in [2.05, 4.69) is 0 Å². The van der Waals surface area contributed by atoms with E-state index in [0.29, 0.717) is 0 Å². The minimum Gasteiger partial charge on any atom is -0.349 e. The predicted octanol–water partition coefficient (Wildman–Crippen LogP) is 0.486. The lowest BCUT2D eigenvalue weighted by Gasteiger charge is -2.16. The molecule has 14 heavy (non-hydrogen) atoms. The lowest BCUT2D eigenvalue weighted by Crippen LogP contribution is -2.34. The van der Waals surface area contributed by atoms with E-state index >= 15 is 0 Å². The van der Waals surface area contributed by atoms with E-state index in [1.165, 1.54) is 26.4 Å². The van der Waals surface area contributed by atoms with Gasteiger partial charge in [0.15, 0.2) is 5.78 Å². The molecular weight excluding hydrogens is 184 g/mol. The zero-order valence-corrected chi connectivity index (χ0v) is 8.10. The number of hydrogen-bond donors (Lipinski definition) is 0. The van der Waals surface area contributed by atoms with Gasteiger partial charge in [-0.3, -0.25) is 9.59 Å². The molecule has 0 N–H and O–H groups in total. The van der Waals surface area contributed by atoms with E-state index in [1.54, 1.807) is 12.2 Å². The van der Waals surface area contributed by atoms with Crippen molar-refractivity contribution in [3.8, 4) is 0 Å². The van der Waals surface area contributed by atoms with Gasteiger partial charge >= 0.3 is 0 Å². The molecule has 1 aliphatic rings. The number of ketones is 2. The van der Waals surface area contributed by atoms with Gasteiger partial charge in [-0.2, -0.15) is 0 Å². The molecule has 0 saturated carbocycles. The summed E-state index contributed by atoms with van der Waals surface area (Å²) < 4.78 is 9.56. The van der Waals surface area contributed by atoms with Crippen LogP contribution in [0.4, 0.5) is 0 Å². The van der Waals surface area contributed by atoms with Crippen LogP contribution in [-0.4, -0.2) is 32.1 Å². The summed E-state index contributed by atoms with van der Waals surface area (Å²) in [5, 5.41) is 0. The molecule has 1 atom stereocenters. The van der Waals surface area contributed by atoms with Crippen molar-refractivity contribution in [3.05, 3.63) is 24.3 Å². The van der Waals surface area contributed by atoms with E-state index in [-0.39, 0.29) is 11.6 Å². The first-order valence-electron chi connectivity index (χ1n) is 4.18. The van der Waals surface area contributed by atoms with Crippen molar-refractivity contribution in [2.45, 2.75) is 6.29 Å². The van der Waals surface area contributed by atoms with Gasteiger partial charge in [-0.25, -0.2) is 0 Å². The summed E-state index contributed by atoms with van der Waals surface area (Å²) in [6, 6.07) is 0. The average molecular weight is 196 g/mol. The molecular formula is C10H12O4. The van der Waals surface area contributed by atoms with Gasteiger partial charge in [0.1, 0.15) is 5.92 Å². The van der Waals surface area contributed by atoms with Crippen LogP contribution in [0.15, 0.2) is 24.3 Å². The smallest absolute Gasteiger partial charge is 0.218 e. The maximum absolute atomic E-state index is 11.6. The number of carbonyl (C=O) groups is 2. The topological polar surface area (TPSA) is 52.6 Å². The highest BCUT2D eigenvalue weighted by atomic mass is 16.7. The number of Topliss-reactive ketones (excluding diaryl/α,β-unsaturated/α-hetero) is 1. The number of ether oxygens (including phenoxy) is 2. The van der Waals surface area contributed by atoms with Gasteiger partial charge in [-0.05, 0) is 6.08 Å². The van der Waals surface area contributed by atoms with Crippen LogP contribution in [0.25, 0.3) is 0 Å². The standard InChI is InChI=1S/C10H12O4/c1-13-10(14-2)9(12)7-5-3-4-6-8(7)11/h3-7,10H,1-2H3. The maximum Gasteiger partial charge on any atom is 0.218 e. The molecule has 4 heteroatoms. The van der Waals surface area contributed by atoms with Crippen molar-refractivity contribution in [2.24, 2.45) is 5.92 Å². The highest BCUT2D eigenvalue weighted by molar-refractivity contribution is 6.10. The third-order valence-corrected chi connectivity index (χ3v) is 1.95. The van der Waals surface area contributed by atoms with Crippen LogP contribution in [0.3, 0.4) is 0 Å². The van der Waals surface area contributed by atoms with E-state index in [0.717, 1.165) is 0 Å². The molecule has 1 rings (SSSR count). The molecule has 0 aromatic rings. The summed E-state index contributed by atoms with van der Waals surface area (Å²) in [6.07, 6.45) is 5.19. The van der Waals surface area contributed by atoms with Crippen molar-refractivity contribution < 1.29 is 19.1 Å². The second kappa shape index (κ2) is 4.83. The molecule has 76 valence electrons. The second-order valence-electron chi connectivity index (χ2n) is 2.83. The SMILES string of the molecule is COC(OC)C(=O)C1C=CC=CC1=O. The molecule has 0 heterocycles. The molecule has 4 nitrogen and oxygen atoms in total. The third-order valence-electron chi connectivity index (χ3n) is 1.95. The Hall–Kier alpha value is -1.26. The van der Waals surface area contributed by atoms with Gasteiger partial charge in [-0.1, -0.05) is 18.2 Å². The fourth-order valence-corrected chi connectivity index (χ4v) is 1.23. The Kier molecular flexibility index (Phi) is 3.73. The van der Waals surface area contributed by atoms with Gasteiger partial charge in [0.25, 0.3) is 0 Å². The van der Waals surface area contributed by atoms with Gasteiger partial charge in [0.05, 0.1) is 0 Å². The van der Waals surface area contributed by atoms with Crippen LogP contribution in [0.5, 0.6) is 0 Å². The summed E-state index contributed by atoms with van der Waals surface area (Å²) in [5.41, 5.74) is 0. The quantitative estimate of drug-likeness (QED) is 0.485. The largest absolute Gasteiger partial charge is 0.349 e. The van der Waals surface area contributed by atoms with E-state index < -0.39 is 12.2 Å². The zero-order chi connectivity index (χ0) is 10.6. The fraction of sp³-hybridized carbons (Fsp3) is 0.400. The third kappa shape index (κ3) is 2.16. The second-order valence-corrected chi connectivity index (χ2v) is 2.83. The molecule has 0 aromatic heterocycles. The first-order chi connectivity index (χ1) is 6.70. The lowest BCUT2D eigenvalue weighted by molar-refractivity contribution is -0.160. The number of carbonyl (C=O) groups excluding carboxylic acids is 2. The van der Waals surface area contributed by atoms with E-state index in [9.17, 15) is 9.59 Å². The number of hydrogen-bond acceptors (Lipinski definition) is 4. The summed E-state index contributed by atoms with van der Waals surface area (Å²) >= 11 is 0. The molecule has 0 fully saturated rings. The monoisotopic (exact) mass is 196 g/mol. The Morgan fingerprint density at radius 2 is 2.00 bits per heavy atom. The van der Waals surface area contributed by atoms with Crippen molar-refractivity contribution in [1.29, 1.82) is 0 Å². The number of rotatable bonds is 4. The molecule has 1 unspecified atom stereocenters. The van der Waals surface area contributed by atoms with Crippen LogP contribution in [-0.2, 0) is 19.1 Å². The Morgan fingerprint density at radius 1 is 1.36 bits per heavy atom. The zero-order valence-electron chi connectivity index (χ0n) is 8.10. The van der Waals surface area contributed by atoms with Gasteiger partial charge in [-0.15, -0.1) is 0 Å². The summed E-state index contributed by atoms with van der Waals surface area (Å²) in [5.74, 6) is -1.39. The fourth-order valence-electron chi connectivity index (χ4n) is 1.23. The highest BCUT2D eigenvalue weighted by Crippen LogP contribution is 2.12. The molecule has 0 aromatic carbocycles. The van der Waals surface area contributed by atoms with Crippen molar-refractivity contribution in [1.82, 2.24) is 0 Å². The Bertz CT molecular complexity index is 286. The lowest BCUT2D eigenvalue weighted by atomic mass is 9.94. The Labute approximate surface area is 82.2 Å². The number of methoxy groups -OCH3 is 2. The van der Waals surface area contributed by atoms with Crippen LogP contribution in [0.1, 0.15) is 0 Å². The van der Waals surface area contributed by atoms with Crippen molar-refractivity contribution >= 4 is 11.6 Å². The summed E-state index contributed by atoms with van der Waals surface area (Å²) in [4.78, 5) is 22.9. The van der Waals surface area contributed by atoms with Crippen molar-refractivity contribution in [2.75, 3.05) is 14.2 Å². The normalized spacial score (nSPS) is 20.5. The van der Waals surface area contributed by atoms with Crippen molar-refractivity contribution in [3.63, 3.8) is 0 Å². The van der Waals surface area contributed by atoms with Gasteiger partial charge < -0.3 is 9.47 Å². The molecule has 0 bridgehead atoms. The van der Waals surface area contributed by atoms with Crippen LogP contribution >= 0.6 is 0 Å². The predicted molar refractivity (Wildman–Crippen MR) is 49.6 cm³/mol. The molecule has 1 aliphatic carbocycles. The molecule has 0 saturated heterocycles. The summed E-state index contributed by atoms with van der Waals surface area (Å²) in [6.45, 7) is 0. The average Bonchev–Trinajstić information content (AvgIpc) is 2.20. The Morgan fingerprint density at radius 3 is 2.50 bits per heavy atom. The molecule has 0 amide bonds. The maximum atomic E-state index is 11.6.